The molecule has 4 nitrogen and oxygen atoms in total. The van der Waals surface area contributed by atoms with E-state index < -0.39 is 23.5 Å². The van der Waals surface area contributed by atoms with E-state index in [1.54, 1.807) is 12.1 Å². The number of aromatic hydroxyl groups is 1. The number of aromatic nitrogens is 1. The van der Waals surface area contributed by atoms with Crippen LogP contribution in [0.1, 0.15) is 30.5 Å². The Bertz CT molecular complexity index is 1450. The molecule has 1 heterocycles. The van der Waals surface area contributed by atoms with Gasteiger partial charge in [0.1, 0.15) is 5.75 Å². The fraction of sp³-hybridized carbons (Fsp3) is 0.250. The second kappa shape index (κ2) is 10.5. The quantitative estimate of drug-likeness (QED) is 0.186. The van der Waals surface area contributed by atoms with Gasteiger partial charge in [-0.05, 0) is 61.1 Å². The van der Waals surface area contributed by atoms with Gasteiger partial charge in [0, 0.05) is 40.6 Å². The molecular formula is C28H25F6N3O. The SMILES string of the molecule is CCN(CC)Cc1cc(Nc2ccnc3cc(C(F)(F)F)ccc23)cc(-c2cccc(C(F)(F)F)c2)c1O. The molecule has 0 aliphatic carbocycles. The number of phenolic OH excluding ortho intramolecular Hbond substituents is 1. The largest absolute Gasteiger partial charge is 0.507 e. The lowest BCUT2D eigenvalue weighted by atomic mass is 9.98. The Morgan fingerprint density at radius 2 is 1.53 bits per heavy atom. The zero-order valence-electron chi connectivity index (χ0n) is 20.6. The molecule has 0 amide bonds. The van der Waals surface area contributed by atoms with Gasteiger partial charge in [0.2, 0.25) is 0 Å². The summed E-state index contributed by atoms with van der Waals surface area (Å²) in [6.45, 7) is 5.61. The molecule has 1 aromatic heterocycles. The van der Waals surface area contributed by atoms with Gasteiger partial charge in [0.25, 0.3) is 0 Å². The summed E-state index contributed by atoms with van der Waals surface area (Å²) in [4.78, 5) is 6.09. The molecule has 200 valence electrons. The summed E-state index contributed by atoms with van der Waals surface area (Å²) in [7, 11) is 0. The first-order valence-corrected chi connectivity index (χ1v) is 11.9. The molecule has 0 atom stereocenters. The number of anilines is 2. The molecule has 0 radical (unpaired) electrons. The van der Waals surface area contributed by atoms with Crippen molar-refractivity contribution in [3.05, 3.63) is 83.6 Å². The van der Waals surface area contributed by atoms with E-state index in [1.165, 1.54) is 30.5 Å². The number of benzene rings is 3. The zero-order chi connectivity index (χ0) is 27.7. The van der Waals surface area contributed by atoms with Gasteiger partial charge >= 0.3 is 12.4 Å². The fourth-order valence-electron chi connectivity index (χ4n) is 4.25. The molecular weight excluding hydrogens is 508 g/mol. The Kier molecular flexibility index (Phi) is 7.55. The maximum atomic E-state index is 13.4. The van der Waals surface area contributed by atoms with Crippen molar-refractivity contribution in [2.45, 2.75) is 32.7 Å². The number of pyridine rings is 1. The minimum Gasteiger partial charge on any atom is -0.507 e. The van der Waals surface area contributed by atoms with Gasteiger partial charge in [-0.1, -0.05) is 32.0 Å². The second-order valence-electron chi connectivity index (χ2n) is 8.78. The van der Waals surface area contributed by atoms with E-state index in [0.717, 1.165) is 24.3 Å². The average Bonchev–Trinajstić information content (AvgIpc) is 2.87. The van der Waals surface area contributed by atoms with Gasteiger partial charge in [-0.3, -0.25) is 9.88 Å². The number of hydrogen-bond donors (Lipinski definition) is 2. The maximum absolute atomic E-state index is 13.4. The smallest absolute Gasteiger partial charge is 0.416 e. The van der Waals surface area contributed by atoms with E-state index in [9.17, 15) is 31.4 Å². The van der Waals surface area contributed by atoms with Crippen LogP contribution in [0.25, 0.3) is 22.0 Å². The first-order chi connectivity index (χ1) is 17.9. The second-order valence-corrected chi connectivity index (χ2v) is 8.78. The normalized spacial score (nSPS) is 12.3. The van der Waals surface area contributed by atoms with Gasteiger partial charge in [-0.15, -0.1) is 0 Å². The van der Waals surface area contributed by atoms with Crippen LogP contribution in [0.5, 0.6) is 5.75 Å². The minimum absolute atomic E-state index is 0.130. The van der Waals surface area contributed by atoms with Crippen molar-refractivity contribution in [1.29, 1.82) is 0 Å². The highest BCUT2D eigenvalue weighted by molar-refractivity contribution is 5.93. The molecule has 0 aliphatic rings. The van der Waals surface area contributed by atoms with Crippen LogP contribution in [0.2, 0.25) is 0 Å². The predicted octanol–water partition coefficient (Wildman–Crippen LogP) is 8.23. The molecule has 0 saturated carbocycles. The number of alkyl halides is 6. The number of nitrogens with zero attached hydrogens (tertiary/aromatic N) is 2. The van der Waals surface area contributed by atoms with Gasteiger partial charge in [-0.2, -0.15) is 26.3 Å². The van der Waals surface area contributed by atoms with Crippen molar-refractivity contribution in [2.75, 3.05) is 18.4 Å². The lowest BCUT2D eigenvalue weighted by molar-refractivity contribution is -0.138. The number of hydrogen-bond acceptors (Lipinski definition) is 4. The van der Waals surface area contributed by atoms with Crippen molar-refractivity contribution in [3.63, 3.8) is 0 Å². The molecule has 0 fully saturated rings. The summed E-state index contributed by atoms with van der Waals surface area (Å²) < 4.78 is 79.7. The topological polar surface area (TPSA) is 48.4 Å². The highest BCUT2D eigenvalue weighted by atomic mass is 19.4. The number of rotatable bonds is 7. The Hall–Kier alpha value is -3.79. The highest BCUT2D eigenvalue weighted by Gasteiger charge is 2.31. The van der Waals surface area contributed by atoms with E-state index in [2.05, 4.69) is 10.3 Å². The summed E-state index contributed by atoms with van der Waals surface area (Å²) in [6, 6.07) is 12.7. The Morgan fingerprint density at radius 1 is 0.842 bits per heavy atom. The maximum Gasteiger partial charge on any atom is 0.416 e. The van der Waals surface area contributed by atoms with Crippen LogP contribution in [0.3, 0.4) is 0 Å². The fourth-order valence-corrected chi connectivity index (χ4v) is 4.25. The van der Waals surface area contributed by atoms with Crippen molar-refractivity contribution < 1.29 is 31.4 Å². The Morgan fingerprint density at radius 3 is 2.18 bits per heavy atom. The van der Waals surface area contributed by atoms with Gasteiger partial charge in [-0.25, -0.2) is 0 Å². The monoisotopic (exact) mass is 533 g/mol. The van der Waals surface area contributed by atoms with Crippen molar-refractivity contribution in [1.82, 2.24) is 9.88 Å². The van der Waals surface area contributed by atoms with Gasteiger partial charge < -0.3 is 10.4 Å². The minimum atomic E-state index is -4.56. The zero-order valence-corrected chi connectivity index (χ0v) is 20.6. The van der Waals surface area contributed by atoms with Crippen LogP contribution >= 0.6 is 0 Å². The van der Waals surface area contributed by atoms with Crippen molar-refractivity contribution >= 4 is 22.3 Å². The lowest BCUT2D eigenvalue weighted by Crippen LogP contribution is -2.22. The molecule has 0 saturated heterocycles. The third-order valence-electron chi connectivity index (χ3n) is 6.33. The van der Waals surface area contributed by atoms with E-state index in [1.807, 2.05) is 18.7 Å². The van der Waals surface area contributed by atoms with Crippen molar-refractivity contribution in [3.8, 4) is 16.9 Å². The number of nitrogens with one attached hydrogen (secondary N) is 1. The summed E-state index contributed by atoms with van der Waals surface area (Å²) >= 11 is 0. The average molecular weight is 534 g/mol. The van der Waals surface area contributed by atoms with Gasteiger partial charge in [0.05, 0.1) is 16.6 Å². The van der Waals surface area contributed by atoms with Crippen LogP contribution in [0.15, 0.2) is 66.9 Å². The lowest BCUT2D eigenvalue weighted by Gasteiger charge is -2.21. The molecule has 4 aromatic rings. The summed E-state index contributed by atoms with van der Waals surface area (Å²) in [5, 5.41) is 14.7. The molecule has 0 unspecified atom stereocenters. The van der Waals surface area contributed by atoms with Crippen LogP contribution < -0.4 is 5.32 Å². The van der Waals surface area contributed by atoms with Crippen LogP contribution in [-0.2, 0) is 18.9 Å². The van der Waals surface area contributed by atoms with Gasteiger partial charge in [0.15, 0.2) is 0 Å². The molecule has 4 rings (SSSR count). The van der Waals surface area contributed by atoms with Crippen LogP contribution in [0, 0.1) is 0 Å². The first kappa shape index (κ1) is 27.3. The molecule has 0 aliphatic heterocycles. The number of halogens is 6. The highest BCUT2D eigenvalue weighted by Crippen LogP contribution is 2.40. The summed E-state index contributed by atoms with van der Waals surface area (Å²) in [5.74, 6) is -0.142. The van der Waals surface area contributed by atoms with E-state index >= 15 is 0 Å². The number of fused-ring (bicyclic) bond motifs is 1. The van der Waals surface area contributed by atoms with Crippen LogP contribution in [0.4, 0.5) is 37.7 Å². The summed E-state index contributed by atoms with van der Waals surface area (Å²) in [5.41, 5.74) is 0.222. The molecule has 10 heteroatoms. The summed E-state index contributed by atoms with van der Waals surface area (Å²) in [6.07, 6.45) is -7.71. The molecule has 2 N–H and O–H groups in total. The number of phenols is 1. The van der Waals surface area contributed by atoms with Crippen molar-refractivity contribution in [2.24, 2.45) is 0 Å². The molecule has 0 bridgehead atoms. The molecule has 38 heavy (non-hydrogen) atoms. The first-order valence-electron chi connectivity index (χ1n) is 11.9. The standard InChI is InChI=1S/C28H25F6N3O/c1-3-37(4-2)16-18-13-21(15-23(26(18)38)17-6-5-7-19(12-17)27(29,30)31)36-24-10-11-35-25-14-20(28(32,33)34)8-9-22(24)25/h5-15,38H,3-4,16H2,1-2H3,(H,35,36). The predicted molar refractivity (Wildman–Crippen MR) is 135 cm³/mol. The van der Waals surface area contributed by atoms with Crippen LogP contribution in [-0.4, -0.2) is 28.1 Å². The third-order valence-corrected chi connectivity index (χ3v) is 6.33. The molecule has 0 spiro atoms. The third kappa shape index (κ3) is 5.85. The molecule has 3 aromatic carbocycles. The van der Waals surface area contributed by atoms with E-state index in [4.69, 9.17) is 0 Å². The Labute approximate surface area is 215 Å². The Balaban J connectivity index is 1.83. The van der Waals surface area contributed by atoms with E-state index in [0.29, 0.717) is 42.0 Å². The van der Waals surface area contributed by atoms with E-state index in [-0.39, 0.29) is 22.4 Å².